The van der Waals surface area contributed by atoms with Crippen LogP contribution in [0.4, 0.5) is 17.3 Å². The van der Waals surface area contributed by atoms with Gasteiger partial charge in [0.2, 0.25) is 0 Å². The Kier molecular flexibility index (Phi) is 3.45. The summed E-state index contributed by atoms with van der Waals surface area (Å²) in [6.45, 7) is 4.07. The molecule has 0 radical (unpaired) electrons. The van der Waals surface area contributed by atoms with Crippen LogP contribution in [0.15, 0.2) is 12.3 Å². The molecule has 0 fully saturated rings. The number of rotatable bonds is 4. The summed E-state index contributed by atoms with van der Waals surface area (Å²) in [7, 11) is 1.90. The molecule has 2 heterocycles. The Morgan fingerprint density at radius 2 is 2.06 bits per heavy atom. The van der Waals surface area contributed by atoms with Crippen molar-refractivity contribution in [2.75, 3.05) is 11.1 Å². The van der Waals surface area contributed by atoms with Gasteiger partial charge < -0.3 is 11.1 Å². The zero-order valence-corrected chi connectivity index (χ0v) is 10.9. The summed E-state index contributed by atoms with van der Waals surface area (Å²) < 4.78 is 1.78. The number of nitrogens with one attached hydrogen (secondary N) is 1. The highest BCUT2D eigenvalue weighted by atomic mass is 15.3. The molecule has 0 saturated heterocycles. The van der Waals surface area contributed by atoms with Crippen LogP contribution >= 0.6 is 0 Å². The second-order valence-corrected chi connectivity index (χ2v) is 4.09. The van der Waals surface area contributed by atoms with Crippen LogP contribution in [0, 0.1) is 0 Å². The first-order chi connectivity index (χ1) is 8.62. The first-order valence-corrected chi connectivity index (χ1v) is 6.05. The molecule has 2 rings (SSSR count). The molecule has 0 spiro atoms. The first kappa shape index (κ1) is 12.3. The number of nitrogen functional groups attached to an aromatic ring is 1. The van der Waals surface area contributed by atoms with Crippen molar-refractivity contribution in [3.63, 3.8) is 0 Å². The van der Waals surface area contributed by atoms with Gasteiger partial charge in [0, 0.05) is 25.7 Å². The highest BCUT2D eigenvalue weighted by molar-refractivity contribution is 5.60. The van der Waals surface area contributed by atoms with E-state index in [9.17, 15) is 0 Å². The van der Waals surface area contributed by atoms with E-state index in [0.29, 0.717) is 11.6 Å². The van der Waals surface area contributed by atoms with Crippen molar-refractivity contribution in [3.8, 4) is 0 Å². The summed E-state index contributed by atoms with van der Waals surface area (Å²) in [6, 6.07) is 1.73. The molecular formula is C12H18N6. The van der Waals surface area contributed by atoms with E-state index < -0.39 is 0 Å². The second-order valence-electron chi connectivity index (χ2n) is 4.09. The molecule has 0 aliphatic heterocycles. The Bertz CT molecular complexity index is 545. The molecule has 2 aromatic rings. The van der Waals surface area contributed by atoms with Gasteiger partial charge in [-0.25, -0.2) is 9.97 Å². The molecule has 0 bridgehead atoms. The Morgan fingerprint density at radius 1 is 1.28 bits per heavy atom. The van der Waals surface area contributed by atoms with Gasteiger partial charge >= 0.3 is 0 Å². The smallest absolute Gasteiger partial charge is 0.136 e. The lowest BCUT2D eigenvalue weighted by molar-refractivity contribution is 0.746. The lowest BCUT2D eigenvalue weighted by Crippen LogP contribution is -2.03. The number of nitrogens with zero attached hydrogens (tertiary/aromatic N) is 4. The van der Waals surface area contributed by atoms with E-state index in [-0.39, 0.29) is 0 Å². The largest absolute Gasteiger partial charge is 0.384 e. The van der Waals surface area contributed by atoms with Crippen LogP contribution in [-0.2, 0) is 19.9 Å². The van der Waals surface area contributed by atoms with Gasteiger partial charge in [0.05, 0.1) is 11.4 Å². The SMILES string of the molecule is CCc1nc(N)cc(Nc2cn(C)nc2CC)n1. The Balaban J connectivity index is 2.30. The number of aromatic nitrogens is 4. The van der Waals surface area contributed by atoms with Crippen molar-refractivity contribution in [3.05, 3.63) is 23.8 Å². The van der Waals surface area contributed by atoms with Gasteiger partial charge in [-0.15, -0.1) is 0 Å². The molecule has 18 heavy (non-hydrogen) atoms. The van der Waals surface area contributed by atoms with Crippen LogP contribution in [0.1, 0.15) is 25.4 Å². The Morgan fingerprint density at radius 3 is 2.72 bits per heavy atom. The van der Waals surface area contributed by atoms with Gasteiger partial charge in [0.15, 0.2) is 0 Å². The predicted molar refractivity (Wildman–Crippen MR) is 71.7 cm³/mol. The molecule has 3 N–H and O–H groups in total. The van der Waals surface area contributed by atoms with Gasteiger partial charge in [-0.1, -0.05) is 13.8 Å². The molecule has 6 nitrogen and oxygen atoms in total. The Hall–Kier alpha value is -2.11. The van der Waals surface area contributed by atoms with Crippen LogP contribution < -0.4 is 11.1 Å². The quantitative estimate of drug-likeness (QED) is 0.857. The monoisotopic (exact) mass is 246 g/mol. The van der Waals surface area contributed by atoms with E-state index in [2.05, 4.69) is 27.3 Å². The van der Waals surface area contributed by atoms with Gasteiger partial charge in [-0.2, -0.15) is 5.10 Å². The van der Waals surface area contributed by atoms with Crippen molar-refractivity contribution < 1.29 is 0 Å². The second kappa shape index (κ2) is 5.03. The standard InChI is InChI=1S/C12H18N6/c1-4-8-9(7-18(3)17-8)14-12-6-10(13)15-11(5-2)16-12/h6-7H,4-5H2,1-3H3,(H3,13,14,15,16). The third-order valence-corrected chi connectivity index (χ3v) is 2.61. The van der Waals surface area contributed by atoms with E-state index >= 15 is 0 Å². The molecule has 0 unspecified atom stereocenters. The highest BCUT2D eigenvalue weighted by Crippen LogP contribution is 2.20. The van der Waals surface area contributed by atoms with Crippen LogP contribution in [0.3, 0.4) is 0 Å². The van der Waals surface area contributed by atoms with Gasteiger partial charge in [-0.3, -0.25) is 4.68 Å². The maximum absolute atomic E-state index is 5.75. The van der Waals surface area contributed by atoms with Gasteiger partial charge in [-0.05, 0) is 6.42 Å². The fraction of sp³-hybridized carbons (Fsp3) is 0.417. The Labute approximate surface area is 106 Å². The van der Waals surface area contributed by atoms with Crippen molar-refractivity contribution in [1.29, 1.82) is 0 Å². The first-order valence-electron chi connectivity index (χ1n) is 6.05. The van der Waals surface area contributed by atoms with E-state index in [1.54, 1.807) is 10.7 Å². The average molecular weight is 246 g/mol. The van der Waals surface area contributed by atoms with E-state index in [4.69, 9.17) is 5.73 Å². The summed E-state index contributed by atoms with van der Waals surface area (Å²) in [5.74, 6) is 1.92. The lowest BCUT2D eigenvalue weighted by atomic mass is 10.3. The van der Waals surface area contributed by atoms with Crippen LogP contribution in [0.2, 0.25) is 0 Å². The number of anilines is 3. The maximum Gasteiger partial charge on any atom is 0.136 e. The van der Waals surface area contributed by atoms with Crippen LogP contribution in [0.5, 0.6) is 0 Å². The maximum atomic E-state index is 5.75. The lowest BCUT2D eigenvalue weighted by Gasteiger charge is -2.07. The van der Waals surface area contributed by atoms with Crippen molar-refractivity contribution >= 4 is 17.3 Å². The summed E-state index contributed by atoms with van der Waals surface area (Å²) >= 11 is 0. The van der Waals surface area contributed by atoms with Gasteiger partial charge in [0.25, 0.3) is 0 Å². The summed E-state index contributed by atoms with van der Waals surface area (Å²) in [5, 5.41) is 7.62. The fourth-order valence-corrected chi connectivity index (χ4v) is 1.78. The van der Waals surface area contributed by atoms with Gasteiger partial charge in [0.1, 0.15) is 17.5 Å². The summed E-state index contributed by atoms with van der Waals surface area (Å²) in [6.07, 6.45) is 3.56. The topological polar surface area (TPSA) is 81.6 Å². The number of hydrogen-bond donors (Lipinski definition) is 2. The van der Waals surface area contributed by atoms with E-state index in [1.807, 2.05) is 20.2 Å². The molecule has 0 aliphatic rings. The molecule has 0 amide bonds. The highest BCUT2D eigenvalue weighted by Gasteiger charge is 2.08. The number of aryl methyl sites for hydroxylation is 3. The normalized spacial score (nSPS) is 10.6. The summed E-state index contributed by atoms with van der Waals surface area (Å²) in [5.41, 5.74) is 7.72. The summed E-state index contributed by atoms with van der Waals surface area (Å²) in [4.78, 5) is 8.54. The minimum absolute atomic E-state index is 0.478. The average Bonchev–Trinajstić information content (AvgIpc) is 2.68. The van der Waals surface area contributed by atoms with Crippen LogP contribution in [-0.4, -0.2) is 19.7 Å². The van der Waals surface area contributed by atoms with Crippen molar-refractivity contribution in [2.45, 2.75) is 26.7 Å². The zero-order chi connectivity index (χ0) is 13.1. The molecule has 2 aromatic heterocycles. The number of nitrogens with two attached hydrogens (primary N) is 1. The molecule has 96 valence electrons. The fourth-order valence-electron chi connectivity index (χ4n) is 1.78. The van der Waals surface area contributed by atoms with Crippen molar-refractivity contribution in [2.24, 2.45) is 7.05 Å². The molecular weight excluding hydrogens is 228 g/mol. The third-order valence-electron chi connectivity index (χ3n) is 2.61. The molecule has 0 aromatic carbocycles. The molecule has 0 atom stereocenters. The predicted octanol–water partition coefficient (Wildman–Crippen LogP) is 1.66. The van der Waals surface area contributed by atoms with E-state index in [0.717, 1.165) is 30.0 Å². The zero-order valence-electron chi connectivity index (χ0n) is 10.9. The molecule has 0 saturated carbocycles. The van der Waals surface area contributed by atoms with E-state index in [1.165, 1.54) is 0 Å². The third kappa shape index (κ3) is 2.58. The molecule has 6 heteroatoms. The minimum Gasteiger partial charge on any atom is -0.384 e. The number of hydrogen-bond acceptors (Lipinski definition) is 5. The molecule has 0 aliphatic carbocycles. The van der Waals surface area contributed by atoms with Crippen LogP contribution in [0.25, 0.3) is 0 Å². The van der Waals surface area contributed by atoms with Crippen molar-refractivity contribution in [1.82, 2.24) is 19.7 Å². The minimum atomic E-state index is 0.478.